The SMILES string of the molecule is Cc1cc(F)cc([N+](=O)[O-])c1C(=O)CCl. The number of alkyl halides is 1. The van der Waals surface area contributed by atoms with Crippen LogP contribution in [0.2, 0.25) is 0 Å². The number of hydrogen-bond acceptors (Lipinski definition) is 3. The molecule has 0 bridgehead atoms. The summed E-state index contributed by atoms with van der Waals surface area (Å²) in [6, 6.07) is 1.78. The minimum atomic E-state index is -0.796. The van der Waals surface area contributed by atoms with E-state index in [0.29, 0.717) is 6.07 Å². The normalized spacial score (nSPS) is 10.1. The first-order chi connectivity index (χ1) is 6.97. The number of benzene rings is 1. The van der Waals surface area contributed by atoms with Crippen LogP contribution in [0, 0.1) is 22.9 Å². The maximum atomic E-state index is 12.9. The molecular formula is C9H7ClFNO3. The van der Waals surface area contributed by atoms with Gasteiger partial charge in [-0.05, 0) is 18.6 Å². The molecule has 0 atom stereocenters. The molecule has 6 heteroatoms. The molecule has 15 heavy (non-hydrogen) atoms. The van der Waals surface area contributed by atoms with Crippen molar-refractivity contribution < 1.29 is 14.1 Å². The molecule has 80 valence electrons. The minimum absolute atomic E-state index is 0.128. The number of aryl methyl sites for hydroxylation is 1. The van der Waals surface area contributed by atoms with Crippen molar-refractivity contribution in [3.63, 3.8) is 0 Å². The Balaban J connectivity index is 3.46. The third kappa shape index (κ3) is 2.30. The number of nitrogens with zero attached hydrogens (tertiary/aromatic N) is 1. The van der Waals surface area contributed by atoms with E-state index in [2.05, 4.69) is 0 Å². The van der Waals surface area contributed by atoms with Crippen LogP contribution < -0.4 is 0 Å². The quantitative estimate of drug-likeness (QED) is 0.347. The summed E-state index contributed by atoms with van der Waals surface area (Å²) in [5.41, 5.74) is -0.457. The molecule has 0 aliphatic rings. The molecular weight excluding hydrogens is 225 g/mol. The Morgan fingerprint density at radius 2 is 2.20 bits per heavy atom. The fraction of sp³-hybridized carbons (Fsp3) is 0.222. The molecule has 0 saturated heterocycles. The lowest BCUT2D eigenvalue weighted by atomic mass is 10.0. The van der Waals surface area contributed by atoms with Crippen LogP contribution >= 0.6 is 11.6 Å². The van der Waals surface area contributed by atoms with Crippen molar-refractivity contribution in [2.45, 2.75) is 6.92 Å². The van der Waals surface area contributed by atoms with Crippen molar-refractivity contribution >= 4 is 23.1 Å². The molecule has 0 spiro atoms. The lowest BCUT2D eigenvalue weighted by Crippen LogP contribution is -2.08. The Morgan fingerprint density at radius 3 is 2.67 bits per heavy atom. The molecule has 1 aromatic rings. The molecule has 0 radical (unpaired) electrons. The van der Waals surface area contributed by atoms with Gasteiger partial charge in [0.2, 0.25) is 0 Å². The first-order valence-electron chi connectivity index (χ1n) is 4.01. The molecule has 1 aromatic carbocycles. The lowest BCUT2D eigenvalue weighted by Gasteiger charge is -2.04. The highest BCUT2D eigenvalue weighted by atomic mass is 35.5. The standard InChI is InChI=1S/C9H7ClFNO3/c1-5-2-6(11)3-7(12(14)15)9(5)8(13)4-10/h2-3H,4H2,1H3. The highest BCUT2D eigenvalue weighted by Crippen LogP contribution is 2.24. The van der Waals surface area contributed by atoms with Gasteiger partial charge in [0.05, 0.1) is 22.4 Å². The number of Topliss-reactive ketones (excluding diaryl/α,β-unsaturated/α-hetero) is 1. The van der Waals surface area contributed by atoms with Crippen molar-refractivity contribution in [2.24, 2.45) is 0 Å². The number of ketones is 1. The van der Waals surface area contributed by atoms with Gasteiger partial charge in [-0.15, -0.1) is 11.6 Å². The first-order valence-corrected chi connectivity index (χ1v) is 4.54. The number of carbonyl (C=O) groups excluding carboxylic acids is 1. The zero-order chi connectivity index (χ0) is 11.6. The van der Waals surface area contributed by atoms with E-state index < -0.39 is 22.2 Å². The second-order valence-corrected chi connectivity index (χ2v) is 3.20. The third-order valence-corrected chi connectivity index (χ3v) is 2.12. The molecule has 0 aliphatic carbocycles. The largest absolute Gasteiger partial charge is 0.293 e. The van der Waals surface area contributed by atoms with Gasteiger partial charge in [0.25, 0.3) is 5.69 Å². The van der Waals surface area contributed by atoms with Gasteiger partial charge in [0.15, 0.2) is 5.78 Å². The van der Waals surface area contributed by atoms with Crippen molar-refractivity contribution in [1.29, 1.82) is 0 Å². The molecule has 0 aliphatic heterocycles. The van der Waals surface area contributed by atoms with Gasteiger partial charge < -0.3 is 0 Å². The first kappa shape index (κ1) is 11.6. The van der Waals surface area contributed by atoms with Crippen molar-refractivity contribution in [2.75, 3.05) is 5.88 Å². The zero-order valence-corrected chi connectivity index (χ0v) is 8.55. The van der Waals surface area contributed by atoms with Gasteiger partial charge in [0, 0.05) is 0 Å². The average molecular weight is 232 g/mol. The van der Waals surface area contributed by atoms with Crippen LogP contribution in [0.3, 0.4) is 0 Å². The molecule has 0 aromatic heterocycles. The summed E-state index contributed by atoms with van der Waals surface area (Å²) < 4.78 is 12.9. The van der Waals surface area contributed by atoms with Gasteiger partial charge >= 0.3 is 0 Å². The van der Waals surface area contributed by atoms with E-state index in [0.717, 1.165) is 6.07 Å². The fourth-order valence-corrected chi connectivity index (χ4v) is 1.43. The molecule has 0 heterocycles. The van der Waals surface area contributed by atoms with Gasteiger partial charge in [-0.25, -0.2) is 4.39 Å². The topological polar surface area (TPSA) is 60.2 Å². The minimum Gasteiger partial charge on any atom is -0.293 e. The number of carbonyl (C=O) groups is 1. The van der Waals surface area contributed by atoms with Crippen LogP contribution in [-0.4, -0.2) is 16.6 Å². The van der Waals surface area contributed by atoms with E-state index in [9.17, 15) is 19.3 Å². The summed E-state index contributed by atoms with van der Waals surface area (Å²) in [7, 11) is 0. The summed E-state index contributed by atoms with van der Waals surface area (Å²) in [6.07, 6.45) is 0. The summed E-state index contributed by atoms with van der Waals surface area (Å²) in [5, 5.41) is 10.6. The monoisotopic (exact) mass is 231 g/mol. The fourth-order valence-electron chi connectivity index (χ4n) is 1.30. The van der Waals surface area contributed by atoms with Crippen LogP contribution in [0.1, 0.15) is 15.9 Å². The van der Waals surface area contributed by atoms with Gasteiger partial charge in [0.1, 0.15) is 5.82 Å². The zero-order valence-electron chi connectivity index (χ0n) is 7.79. The van der Waals surface area contributed by atoms with E-state index in [-0.39, 0.29) is 17.0 Å². The number of nitro benzene ring substituents is 1. The Labute approximate surface area is 89.8 Å². The second-order valence-electron chi connectivity index (χ2n) is 2.93. The van der Waals surface area contributed by atoms with Gasteiger partial charge in [-0.3, -0.25) is 14.9 Å². The van der Waals surface area contributed by atoms with Gasteiger partial charge in [-0.1, -0.05) is 0 Å². The third-order valence-electron chi connectivity index (χ3n) is 1.88. The predicted molar refractivity (Wildman–Crippen MR) is 52.8 cm³/mol. The lowest BCUT2D eigenvalue weighted by molar-refractivity contribution is -0.385. The molecule has 0 amide bonds. The van der Waals surface area contributed by atoms with Crippen LogP contribution in [-0.2, 0) is 0 Å². The number of nitro groups is 1. The maximum absolute atomic E-state index is 12.9. The molecule has 1 rings (SSSR count). The van der Waals surface area contributed by atoms with Crippen molar-refractivity contribution in [3.05, 3.63) is 39.2 Å². The average Bonchev–Trinajstić information content (AvgIpc) is 2.15. The highest BCUT2D eigenvalue weighted by molar-refractivity contribution is 6.31. The van der Waals surface area contributed by atoms with E-state index in [4.69, 9.17) is 11.6 Å². The molecule has 0 saturated carbocycles. The number of halogens is 2. The van der Waals surface area contributed by atoms with Crippen LogP contribution in [0.15, 0.2) is 12.1 Å². The molecule has 0 fully saturated rings. The highest BCUT2D eigenvalue weighted by Gasteiger charge is 2.22. The van der Waals surface area contributed by atoms with E-state index >= 15 is 0 Å². The Morgan fingerprint density at radius 1 is 1.60 bits per heavy atom. The van der Waals surface area contributed by atoms with Crippen LogP contribution in [0.25, 0.3) is 0 Å². The Bertz CT molecular complexity index is 434. The molecule has 0 unspecified atom stereocenters. The van der Waals surface area contributed by atoms with Crippen LogP contribution in [0.4, 0.5) is 10.1 Å². The summed E-state index contributed by atoms with van der Waals surface area (Å²) in [6.45, 7) is 1.43. The maximum Gasteiger partial charge on any atom is 0.283 e. The van der Waals surface area contributed by atoms with E-state index in [1.807, 2.05) is 0 Å². The summed E-state index contributed by atoms with van der Waals surface area (Å²) in [4.78, 5) is 21.1. The Kier molecular flexibility index (Phi) is 3.36. The van der Waals surface area contributed by atoms with Gasteiger partial charge in [-0.2, -0.15) is 0 Å². The summed E-state index contributed by atoms with van der Waals surface area (Å²) in [5.74, 6) is -1.70. The van der Waals surface area contributed by atoms with Crippen LogP contribution in [0.5, 0.6) is 0 Å². The summed E-state index contributed by atoms with van der Waals surface area (Å²) >= 11 is 5.31. The number of hydrogen-bond donors (Lipinski definition) is 0. The predicted octanol–water partition coefficient (Wildman–Crippen LogP) is 2.46. The van der Waals surface area contributed by atoms with E-state index in [1.54, 1.807) is 0 Å². The molecule has 4 nitrogen and oxygen atoms in total. The number of rotatable bonds is 3. The van der Waals surface area contributed by atoms with E-state index in [1.165, 1.54) is 6.92 Å². The van der Waals surface area contributed by atoms with Crippen molar-refractivity contribution in [3.8, 4) is 0 Å². The smallest absolute Gasteiger partial charge is 0.283 e. The second kappa shape index (κ2) is 4.35. The Hall–Kier alpha value is -1.49. The van der Waals surface area contributed by atoms with Crippen molar-refractivity contribution in [1.82, 2.24) is 0 Å². The molecule has 0 N–H and O–H groups in total.